The van der Waals surface area contributed by atoms with Crippen molar-refractivity contribution in [3.05, 3.63) is 77.6 Å². The number of rotatable bonds is 6. The van der Waals surface area contributed by atoms with Gasteiger partial charge >= 0.3 is 0 Å². The molecule has 1 aliphatic heterocycles. The van der Waals surface area contributed by atoms with Crippen LogP contribution in [0.1, 0.15) is 77.5 Å². The van der Waals surface area contributed by atoms with Crippen LogP contribution in [0.25, 0.3) is 0 Å². The first-order chi connectivity index (χ1) is 17.9. The van der Waals surface area contributed by atoms with Gasteiger partial charge in [0, 0.05) is 43.0 Å². The van der Waals surface area contributed by atoms with Gasteiger partial charge in [0.15, 0.2) is 0 Å². The van der Waals surface area contributed by atoms with Gasteiger partial charge in [-0.2, -0.15) is 0 Å². The number of hydrogen-bond donors (Lipinski definition) is 1. The number of nitrogens with one attached hydrogen (secondary N) is 1. The molecule has 1 aromatic heterocycles. The van der Waals surface area contributed by atoms with E-state index in [4.69, 9.17) is 4.74 Å². The number of ether oxygens (including phenoxy) is 1. The van der Waals surface area contributed by atoms with Gasteiger partial charge in [0.25, 0.3) is 0 Å². The number of carbonyl (C=O) groups excluding carboxylic acids is 1. The number of amides is 1. The van der Waals surface area contributed by atoms with Crippen molar-refractivity contribution in [2.24, 2.45) is 0 Å². The van der Waals surface area contributed by atoms with Crippen LogP contribution in [0.2, 0.25) is 0 Å². The van der Waals surface area contributed by atoms with E-state index in [-0.39, 0.29) is 22.2 Å². The number of nitrogens with zero attached hydrogens (tertiary/aromatic N) is 3. The highest BCUT2D eigenvalue weighted by molar-refractivity contribution is 5.92. The van der Waals surface area contributed by atoms with Crippen LogP contribution in [-0.2, 0) is 21.0 Å². The van der Waals surface area contributed by atoms with Crippen LogP contribution < -0.4 is 15.0 Å². The third-order valence-corrected chi connectivity index (χ3v) is 7.69. The Bertz CT molecular complexity index is 1220. The SMILES string of the molecule is COc1cccc(C2(CC(=O)Nc3cc(C(C)(C)C)cc(C(C)(C)C)c3)CCN(c3ncccn3)CC2)c1. The smallest absolute Gasteiger partial charge is 0.225 e. The normalized spacial score (nSPS) is 15.7. The molecule has 202 valence electrons. The van der Waals surface area contributed by atoms with Gasteiger partial charge in [0.2, 0.25) is 11.9 Å². The summed E-state index contributed by atoms with van der Waals surface area (Å²) in [5, 5.41) is 3.27. The second kappa shape index (κ2) is 10.8. The van der Waals surface area contributed by atoms with Crippen molar-refractivity contribution >= 4 is 17.5 Å². The molecule has 38 heavy (non-hydrogen) atoms. The van der Waals surface area contributed by atoms with Crippen LogP contribution in [0, 0.1) is 0 Å². The molecule has 0 bridgehead atoms. The van der Waals surface area contributed by atoms with Gasteiger partial charge in [-0.1, -0.05) is 59.7 Å². The van der Waals surface area contributed by atoms with Crippen LogP contribution in [0.15, 0.2) is 60.9 Å². The number of hydrogen-bond acceptors (Lipinski definition) is 5. The minimum absolute atomic E-state index is 0.0190. The lowest BCUT2D eigenvalue weighted by Crippen LogP contribution is -2.45. The highest BCUT2D eigenvalue weighted by Gasteiger charge is 2.39. The summed E-state index contributed by atoms with van der Waals surface area (Å²) in [7, 11) is 1.68. The third kappa shape index (κ3) is 6.35. The lowest BCUT2D eigenvalue weighted by Gasteiger charge is -2.42. The molecule has 3 aromatic rings. The number of methoxy groups -OCH3 is 1. The molecule has 0 atom stereocenters. The summed E-state index contributed by atoms with van der Waals surface area (Å²) in [4.78, 5) is 24.8. The minimum atomic E-state index is -0.307. The molecule has 6 nitrogen and oxygen atoms in total. The number of aromatic nitrogens is 2. The first-order valence-corrected chi connectivity index (χ1v) is 13.5. The van der Waals surface area contributed by atoms with Crippen LogP contribution in [0.3, 0.4) is 0 Å². The number of piperidine rings is 1. The summed E-state index contributed by atoms with van der Waals surface area (Å²) in [5.41, 5.74) is 4.10. The molecule has 0 spiro atoms. The second-order valence-corrected chi connectivity index (χ2v) is 12.6. The Morgan fingerprint density at radius 1 is 0.921 bits per heavy atom. The molecule has 4 rings (SSSR count). The van der Waals surface area contributed by atoms with Crippen molar-refractivity contribution in [3.63, 3.8) is 0 Å². The molecule has 1 N–H and O–H groups in total. The molecule has 1 saturated heterocycles. The highest BCUT2D eigenvalue weighted by atomic mass is 16.5. The van der Waals surface area contributed by atoms with Crippen LogP contribution in [0.5, 0.6) is 5.75 Å². The summed E-state index contributed by atoms with van der Waals surface area (Å²) in [6.07, 6.45) is 5.59. The number of benzene rings is 2. The van der Waals surface area contributed by atoms with E-state index >= 15 is 0 Å². The maximum Gasteiger partial charge on any atom is 0.225 e. The molecule has 0 radical (unpaired) electrons. The standard InChI is InChI=1S/C32H42N4O2/c1-30(2,3)24-18-25(31(4,5)6)20-26(19-24)35-28(37)22-32(23-10-8-11-27(21-23)38-7)12-16-36(17-13-32)29-33-14-9-15-34-29/h8-11,14-15,18-21H,12-13,16-17,22H2,1-7H3,(H,35,37). The largest absolute Gasteiger partial charge is 0.497 e. The average Bonchev–Trinajstić information content (AvgIpc) is 2.88. The fourth-order valence-electron chi connectivity index (χ4n) is 5.19. The predicted molar refractivity (Wildman–Crippen MR) is 155 cm³/mol. The van der Waals surface area contributed by atoms with Crippen molar-refractivity contribution in [1.82, 2.24) is 9.97 Å². The summed E-state index contributed by atoms with van der Waals surface area (Å²) in [6.45, 7) is 14.8. The fraction of sp³-hybridized carbons (Fsp3) is 0.469. The molecule has 1 fully saturated rings. The molecule has 1 aliphatic rings. The molecular weight excluding hydrogens is 472 g/mol. The van der Waals surface area contributed by atoms with E-state index in [1.807, 2.05) is 18.2 Å². The average molecular weight is 515 g/mol. The van der Waals surface area contributed by atoms with Gasteiger partial charge in [-0.25, -0.2) is 9.97 Å². The zero-order chi connectivity index (χ0) is 27.6. The first kappa shape index (κ1) is 27.6. The Balaban J connectivity index is 1.62. The van der Waals surface area contributed by atoms with Gasteiger partial charge in [-0.05, 0) is 70.7 Å². The lowest BCUT2D eigenvalue weighted by molar-refractivity contribution is -0.117. The highest BCUT2D eigenvalue weighted by Crippen LogP contribution is 2.41. The van der Waals surface area contributed by atoms with Gasteiger partial charge in [-0.15, -0.1) is 0 Å². The van der Waals surface area contributed by atoms with E-state index < -0.39 is 0 Å². The number of carbonyl (C=O) groups is 1. The zero-order valence-electron chi connectivity index (χ0n) is 24.0. The molecule has 0 unspecified atom stereocenters. The molecule has 1 amide bonds. The Labute approximate surface area is 227 Å². The van der Waals surface area contributed by atoms with Gasteiger partial charge in [0.1, 0.15) is 5.75 Å². The van der Waals surface area contributed by atoms with E-state index in [9.17, 15) is 4.79 Å². The van der Waals surface area contributed by atoms with E-state index in [0.717, 1.165) is 48.9 Å². The molecule has 0 aliphatic carbocycles. The topological polar surface area (TPSA) is 67.3 Å². The van der Waals surface area contributed by atoms with Crippen molar-refractivity contribution in [1.29, 1.82) is 0 Å². The van der Waals surface area contributed by atoms with Crippen molar-refractivity contribution < 1.29 is 9.53 Å². The molecule has 2 aromatic carbocycles. The molecule has 0 saturated carbocycles. The van der Waals surface area contributed by atoms with E-state index in [1.165, 1.54) is 11.1 Å². The van der Waals surface area contributed by atoms with Crippen molar-refractivity contribution in [2.45, 2.75) is 77.0 Å². The maximum absolute atomic E-state index is 13.7. The van der Waals surface area contributed by atoms with Crippen molar-refractivity contribution in [3.8, 4) is 5.75 Å². The van der Waals surface area contributed by atoms with E-state index in [1.54, 1.807) is 19.5 Å². The summed E-state index contributed by atoms with van der Waals surface area (Å²) in [5.74, 6) is 1.58. The Kier molecular flexibility index (Phi) is 7.82. The van der Waals surface area contributed by atoms with Crippen LogP contribution >= 0.6 is 0 Å². The summed E-state index contributed by atoms with van der Waals surface area (Å²) >= 11 is 0. The zero-order valence-corrected chi connectivity index (χ0v) is 24.0. The van der Waals surface area contributed by atoms with Crippen LogP contribution in [-0.4, -0.2) is 36.1 Å². The van der Waals surface area contributed by atoms with Gasteiger partial charge < -0.3 is 15.0 Å². The van der Waals surface area contributed by atoms with Crippen molar-refractivity contribution in [2.75, 3.05) is 30.4 Å². The minimum Gasteiger partial charge on any atom is -0.497 e. The quantitative estimate of drug-likeness (QED) is 0.399. The van der Waals surface area contributed by atoms with Gasteiger partial charge in [0.05, 0.1) is 7.11 Å². The van der Waals surface area contributed by atoms with E-state index in [0.29, 0.717) is 6.42 Å². The number of anilines is 2. The predicted octanol–water partition coefficient (Wildman–Crippen LogP) is 6.65. The molecular formula is C32H42N4O2. The Hall–Kier alpha value is -3.41. The monoisotopic (exact) mass is 514 g/mol. The fourth-order valence-corrected chi connectivity index (χ4v) is 5.19. The second-order valence-electron chi connectivity index (χ2n) is 12.6. The summed E-state index contributed by atoms with van der Waals surface area (Å²) < 4.78 is 5.54. The molecule has 6 heteroatoms. The Morgan fingerprint density at radius 2 is 1.53 bits per heavy atom. The third-order valence-electron chi connectivity index (χ3n) is 7.69. The first-order valence-electron chi connectivity index (χ1n) is 13.5. The van der Waals surface area contributed by atoms with Gasteiger partial charge in [-0.3, -0.25) is 4.79 Å². The molecule has 2 heterocycles. The Morgan fingerprint density at radius 3 is 2.08 bits per heavy atom. The van der Waals surface area contributed by atoms with Crippen LogP contribution in [0.4, 0.5) is 11.6 Å². The lowest BCUT2D eigenvalue weighted by atomic mass is 9.70. The summed E-state index contributed by atoms with van der Waals surface area (Å²) in [6, 6.07) is 16.5. The maximum atomic E-state index is 13.7. The van der Waals surface area contributed by atoms with E-state index in [2.05, 4.69) is 92.1 Å².